The van der Waals surface area contributed by atoms with E-state index in [-0.39, 0.29) is 40.7 Å². The Morgan fingerprint density at radius 1 is 0.841 bits per heavy atom. The van der Waals surface area contributed by atoms with Crippen LogP contribution in [0.25, 0.3) is 29.6 Å². The number of fused-ring (bicyclic) bond motifs is 10. The quantitative estimate of drug-likeness (QED) is 0.372. The largest absolute Gasteiger partial charge is 4.00 e. The molecule has 1 fully saturated rings. The molecule has 0 radical (unpaired) electrons. The topological polar surface area (TPSA) is 131 Å². The number of aliphatic carboxylic acids is 2. The van der Waals surface area contributed by atoms with E-state index in [2.05, 4.69) is 32.9 Å². The van der Waals surface area contributed by atoms with Crippen molar-refractivity contribution < 1.29 is 36.9 Å². The predicted molar refractivity (Wildman–Crippen MR) is 169 cm³/mol. The Morgan fingerprint density at radius 3 is 2.14 bits per heavy atom. The second-order valence-electron chi connectivity index (χ2n) is 11.8. The van der Waals surface area contributed by atoms with Gasteiger partial charge in [0, 0.05) is 17.6 Å². The number of carboxylic acid groups (broad SMARTS) is 2. The van der Waals surface area contributed by atoms with Crippen LogP contribution in [0.2, 0.25) is 0 Å². The molecule has 2 atom stereocenters. The fourth-order valence-electron chi connectivity index (χ4n) is 6.78. The second kappa shape index (κ2) is 12.2. The third-order valence-corrected chi connectivity index (χ3v) is 10.8. The van der Waals surface area contributed by atoms with E-state index in [1.54, 1.807) is 0 Å². The second-order valence-corrected chi connectivity index (χ2v) is 13.4. The molecule has 8 nitrogen and oxygen atoms in total. The number of nitrogens with zero attached hydrogens (tertiary/aromatic N) is 4. The van der Waals surface area contributed by atoms with Gasteiger partial charge in [-0.1, -0.05) is 70.1 Å². The number of thioether (sulfide) groups is 1. The molecule has 0 aromatic carbocycles. The van der Waals surface area contributed by atoms with E-state index in [4.69, 9.17) is 20.3 Å². The first kappa shape index (κ1) is 32.1. The van der Waals surface area contributed by atoms with Crippen LogP contribution in [-0.4, -0.2) is 38.7 Å². The van der Waals surface area contributed by atoms with Crippen molar-refractivity contribution in [3.05, 3.63) is 82.8 Å². The minimum Gasteiger partial charge on any atom is -0.677 e. The number of hydrogen-bond donors (Lipinski definition) is 2. The summed E-state index contributed by atoms with van der Waals surface area (Å²) >= 11 is 1.95. The normalized spacial score (nSPS) is 23.2. The number of aromatic nitrogens is 3. The molecule has 3 aromatic rings. The first-order valence-corrected chi connectivity index (χ1v) is 15.9. The fraction of sp³-hybridized carbons (Fsp3) is 0.412. The van der Waals surface area contributed by atoms with Crippen LogP contribution in [0.1, 0.15) is 77.9 Å². The van der Waals surface area contributed by atoms with E-state index in [9.17, 15) is 19.8 Å². The summed E-state index contributed by atoms with van der Waals surface area (Å²) < 4.78 is -0.152. The van der Waals surface area contributed by atoms with Gasteiger partial charge >= 0.3 is 29.0 Å². The van der Waals surface area contributed by atoms with Crippen LogP contribution in [0.3, 0.4) is 0 Å². The van der Waals surface area contributed by atoms with Crippen LogP contribution in [-0.2, 0) is 45.9 Å². The van der Waals surface area contributed by atoms with Gasteiger partial charge in [-0.3, -0.25) is 9.59 Å². The van der Waals surface area contributed by atoms with E-state index < -0.39 is 11.9 Å². The van der Waals surface area contributed by atoms with Gasteiger partial charge in [0.25, 0.3) is 0 Å². The van der Waals surface area contributed by atoms with Gasteiger partial charge in [0.05, 0.1) is 0 Å². The van der Waals surface area contributed by atoms with Crippen molar-refractivity contribution >= 4 is 48.0 Å². The first-order valence-electron chi connectivity index (χ1n) is 14.9. The molecule has 44 heavy (non-hydrogen) atoms. The van der Waals surface area contributed by atoms with Crippen molar-refractivity contribution in [1.29, 1.82) is 0 Å². The third-order valence-electron chi connectivity index (χ3n) is 9.33. The van der Waals surface area contributed by atoms with E-state index in [1.165, 1.54) is 11.1 Å². The molecule has 6 heterocycles. The Balaban J connectivity index is 0.00000384. The number of carboxylic acids is 2. The van der Waals surface area contributed by atoms with Gasteiger partial charge in [-0.05, 0) is 59.1 Å². The van der Waals surface area contributed by atoms with Gasteiger partial charge in [0.1, 0.15) is 0 Å². The van der Waals surface area contributed by atoms with Gasteiger partial charge in [-0.15, -0.1) is 44.6 Å². The summed E-state index contributed by atoms with van der Waals surface area (Å²) in [5, 5.41) is 27.5. The smallest absolute Gasteiger partial charge is 0.677 e. The zero-order valence-electron chi connectivity index (χ0n) is 25.6. The zero-order chi connectivity index (χ0) is 30.6. The van der Waals surface area contributed by atoms with E-state index >= 15 is 0 Å². The van der Waals surface area contributed by atoms with E-state index in [0.717, 1.165) is 73.9 Å². The summed E-state index contributed by atoms with van der Waals surface area (Å²) in [7, 11) is 0. The Bertz CT molecular complexity index is 1950. The first-order chi connectivity index (χ1) is 20.5. The van der Waals surface area contributed by atoms with Gasteiger partial charge in [0.15, 0.2) is 0 Å². The van der Waals surface area contributed by atoms with E-state index in [1.807, 2.05) is 37.8 Å². The molecule has 8 bridgehead atoms. The number of rotatable bonds is 7. The molecule has 10 heteroatoms. The molecule has 0 amide bonds. The van der Waals surface area contributed by atoms with Crippen molar-refractivity contribution in [1.82, 2.24) is 15.0 Å². The molecule has 0 aliphatic carbocycles. The Morgan fingerprint density at radius 2 is 1.45 bits per heavy atom. The Labute approximate surface area is 271 Å². The summed E-state index contributed by atoms with van der Waals surface area (Å²) in [6.07, 6.45) is 10.7. The minimum atomic E-state index is -0.872. The maximum Gasteiger partial charge on any atom is 4.00 e. The monoisotopic (exact) mass is 652 g/mol. The van der Waals surface area contributed by atoms with Crippen LogP contribution < -0.4 is 36.3 Å². The molecule has 3 aliphatic rings. The van der Waals surface area contributed by atoms with Crippen LogP contribution in [0, 0.1) is 20.8 Å². The molecule has 3 aromatic heterocycles. The molecule has 6 rings (SSSR count). The molecule has 2 unspecified atom stereocenters. The standard InChI is InChI=1S/C34H36N4O4S.Fe/c1-6-20-17(2)24-13-25-18(3)21(7-9-32(39)40)27(35-25)15-28-22(8-10-33(41)42)19(4)26(36-28)14-30-23-11-12-43-34(23,5)31(38-30)16-29(20)37-24;/h13-16,31H,6-12H2,1-5H3,(H,39,40)(H,41,42);/q-4;+4/b24-13-,26-14-,28-15-,29-16-;. The molecule has 1 saturated heterocycles. The van der Waals surface area contributed by atoms with Crippen molar-refractivity contribution in [2.45, 2.75) is 83.9 Å². The average molecular weight is 653 g/mol. The predicted octanol–water partition coefficient (Wildman–Crippen LogP) is 2.22. The van der Waals surface area contributed by atoms with Crippen molar-refractivity contribution in [2.75, 3.05) is 5.75 Å². The molecule has 0 spiro atoms. The molecule has 230 valence electrons. The van der Waals surface area contributed by atoms with Crippen LogP contribution in [0.4, 0.5) is 0 Å². The van der Waals surface area contributed by atoms with Crippen LogP contribution >= 0.6 is 11.8 Å². The summed E-state index contributed by atoms with van der Waals surface area (Å²) in [6, 6.07) is -0.0672. The Hall–Kier alpha value is -3.33. The maximum atomic E-state index is 11.6. The number of allylic oxidation sites excluding steroid dienone is 1. The summed E-state index contributed by atoms with van der Waals surface area (Å²) in [5.41, 5.74) is 9.61. The van der Waals surface area contributed by atoms with Gasteiger partial charge in [0.2, 0.25) is 0 Å². The van der Waals surface area contributed by atoms with Gasteiger partial charge < -0.3 is 30.5 Å². The number of hydrogen-bond acceptors (Lipinski definition) is 3. The van der Waals surface area contributed by atoms with Crippen molar-refractivity contribution in [3.63, 3.8) is 0 Å². The summed E-state index contributed by atoms with van der Waals surface area (Å²) in [5.74, 6) is -0.703. The SMILES string of the molecule is CCc1c(C)/c2[n-]/c1=C\C1[N-]C(=C3CCSC31C)/C=c1\[n-]/c(c(CCC(=O)O)c1C)=C\c1[n-]c(c(C)c1CCC(=O)O)\C=2.[Fe+4]. The molecule has 3 aliphatic heterocycles. The summed E-state index contributed by atoms with van der Waals surface area (Å²) in [4.78, 5) is 38.3. The molecule has 2 N–H and O–H groups in total. The molecular formula is C34H36FeN4O4S. The Kier molecular flexibility index (Phi) is 8.91. The van der Waals surface area contributed by atoms with Gasteiger partial charge in [-0.2, -0.15) is 11.8 Å². The third kappa shape index (κ3) is 5.52. The van der Waals surface area contributed by atoms with Crippen LogP contribution in [0.15, 0.2) is 11.3 Å². The number of carbonyl (C=O) groups is 2. The molecular weight excluding hydrogens is 616 g/mol. The maximum absolute atomic E-state index is 11.6. The minimum absolute atomic E-state index is 0. The van der Waals surface area contributed by atoms with Crippen LogP contribution in [0.5, 0.6) is 0 Å². The fourth-order valence-corrected chi connectivity index (χ4v) is 8.18. The average Bonchev–Trinajstić information content (AvgIpc) is 3.69. The van der Waals surface area contributed by atoms with Crippen molar-refractivity contribution in [2.24, 2.45) is 0 Å². The zero-order valence-corrected chi connectivity index (χ0v) is 27.5. The van der Waals surface area contributed by atoms with E-state index in [0.29, 0.717) is 23.9 Å². The summed E-state index contributed by atoms with van der Waals surface area (Å²) in [6.45, 7) is 10.5. The van der Waals surface area contributed by atoms with Crippen molar-refractivity contribution in [3.8, 4) is 0 Å². The molecule has 0 saturated carbocycles. The van der Waals surface area contributed by atoms with Gasteiger partial charge in [-0.25, -0.2) is 0 Å².